The summed E-state index contributed by atoms with van der Waals surface area (Å²) in [7, 11) is 0. The molecule has 0 amide bonds. The van der Waals surface area contributed by atoms with Gasteiger partial charge in [0.15, 0.2) is 0 Å². The molecular weight excluding hydrogens is 221 g/mol. The molecule has 17 heavy (non-hydrogen) atoms. The van der Waals surface area contributed by atoms with E-state index < -0.39 is 0 Å². The van der Waals surface area contributed by atoms with E-state index in [9.17, 15) is 4.39 Å². The monoisotopic (exact) mass is 229 g/mol. The molecule has 0 aliphatic heterocycles. The molecule has 0 spiro atoms. The van der Waals surface area contributed by atoms with Gasteiger partial charge in [-0.2, -0.15) is 5.10 Å². The van der Waals surface area contributed by atoms with E-state index in [4.69, 9.17) is 5.73 Å². The Morgan fingerprint density at radius 3 is 2.88 bits per heavy atom. The highest BCUT2D eigenvalue weighted by molar-refractivity contribution is 5.92. The van der Waals surface area contributed by atoms with Crippen LogP contribution in [0.2, 0.25) is 0 Å². The third-order valence-electron chi connectivity index (χ3n) is 2.45. The number of aromatic amines is 1. The Hall–Kier alpha value is -2.50. The van der Waals surface area contributed by atoms with Crippen molar-refractivity contribution in [3.8, 4) is 11.3 Å². The van der Waals surface area contributed by atoms with Gasteiger partial charge in [0.1, 0.15) is 5.82 Å². The Morgan fingerprint density at radius 2 is 2.12 bits per heavy atom. The maximum absolute atomic E-state index is 13.2. The molecule has 0 fully saturated rings. The highest BCUT2D eigenvalue weighted by atomic mass is 19.1. The summed E-state index contributed by atoms with van der Waals surface area (Å²) in [6.07, 6.45) is 3.28. The van der Waals surface area contributed by atoms with Crippen LogP contribution in [0, 0.1) is 5.82 Å². The van der Waals surface area contributed by atoms with E-state index >= 15 is 0 Å². The number of nitrogens with one attached hydrogen (secondary N) is 1. The van der Waals surface area contributed by atoms with Crippen LogP contribution < -0.4 is 5.73 Å². The number of H-pyrrole nitrogens is 1. The first kappa shape index (κ1) is 9.71. The minimum absolute atomic E-state index is 0.153. The highest BCUT2D eigenvalue weighted by Crippen LogP contribution is 2.26. The summed E-state index contributed by atoms with van der Waals surface area (Å²) >= 11 is 0. The van der Waals surface area contributed by atoms with Gasteiger partial charge in [0.05, 0.1) is 17.4 Å². The summed E-state index contributed by atoms with van der Waals surface area (Å²) < 4.78 is 13.2. The molecule has 1 aromatic carbocycles. The van der Waals surface area contributed by atoms with Gasteiger partial charge in [-0.25, -0.2) is 14.4 Å². The van der Waals surface area contributed by atoms with Gasteiger partial charge in [0, 0.05) is 17.1 Å². The fourth-order valence-electron chi connectivity index (χ4n) is 1.72. The van der Waals surface area contributed by atoms with Gasteiger partial charge < -0.3 is 5.73 Å². The molecule has 0 unspecified atom stereocenters. The lowest BCUT2D eigenvalue weighted by atomic mass is 10.1. The van der Waals surface area contributed by atoms with E-state index in [0.717, 1.165) is 5.56 Å². The molecule has 0 saturated heterocycles. The molecule has 84 valence electrons. The molecule has 2 heterocycles. The molecule has 3 N–H and O–H groups in total. The fraction of sp³-hybridized carbons (Fsp3) is 0. The number of fused-ring (bicyclic) bond motifs is 1. The van der Waals surface area contributed by atoms with Crippen LogP contribution in [0.5, 0.6) is 0 Å². The molecule has 0 radical (unpaired) electrons. The van der Waals surface area contributed by atoms with Crippen LogP contribution in [0.1, 0.15) is 0 Å². The van der Waals surface area contributed by atoms with E-state index in [1.54, 1.807) is 18.5 Å². The Kier molecular flexibility index (Phi) is 2.01. The molecule has 5 nitrogen and oxygen atoms in total. The summed E-state index contributed by atoms with van der Waals surface area (Å²) in [4.78, 5) is 8.18. The van der Waals surface area contributed by atoms with Crippen molar-refractivity contribution in [2.75, 3.05) is 5.73 Å². The second-order valence-corrected chi connectivity index (χ2v) is 3.58. The van der Waals surface area contributed by atoms with Crippen molar-refractivity contribution in [3.05, 3.63) is 36.4 Å². The first-order valence-electron chi connectivity index (χ1n) is 4.96. The summed E-state index contributed by atoms with van der Waals surface area (Å²) in [5.41, 5.74) is 7.54. The summed E-state index contributed by atoms with van der Waals surface area (Å²) in [6, 6.07) is 4.30. The highest BCUT2D eigenvalue weighted by Gasteiger charge is 2.10. The third kappa shape index (κ3) is 1.59. The van der Waals surface area contributed by atoms with Crippen molar-refractivity contribution in [2.24, 2.45) is 0 Å². The molecule has 0 aliphatic rings. The van der Waals surface area contributed by atoms with Gasteiger partial charge in [0.25, 0.3) is 0 Å². The Bertz CT molecular complexity index is 678. The average Bonchev–Trinajstić information content (AvgIpc) is 2.82. The molecule has 0 aliphatic carbocycles. The number of nitrogen functional groups attached to an aromatic ring is 1. The number of hydrogen-bond acceptors (Lipinski definition) is 4. The zero-order chi connectivity index (χ0) is 11.8. The van der Waals surface area contributed by atoms with E-state index in [1.807, 2.05) is 0 Å². The van der Waals surface area contributed by atoms with Crippen molar-refractivity contribution < 1.29 is 4.39 Å². The van der Waals surface area contributed by atoms with Crippen LogP contribution >= 0.6 is 0 Å². The molecule has 3 rings (SSSR count). The molecule has 6 heteroatoms. The minimum atomic E-state index is -0.337. The molecule has 2 aromatic heterocycles. The van der Waals surface area contributed by atoms with Crippen molar-refractivity contribution in [3.63, 3.8) is 0 Å². The number of nitrogens with two attached hydrogens (primary N) is 1. The van der Waals surface area contributed by atoms with Gasteiger partial charge in [0.2, 0.25) is 5.95 Å². The second-order valence-electron chi connectivity index (χ2n) is 3.58. The second kappa shape index (κ2) is 3.51. The third-order valence-corrected chi connectivity index (χ3v) is 2.45. The van der Waals surface area contributed by atoms with Crippen molar-refractivity contribution in [1.82, 2.24) is 20.2 Å². The predicted molar refractivity (Wildman–Crippen MR) is 61.5 cm³/mol. The molecule has 3 aromatic rings. The van der Waals surface area contributed by atoms with Crippen molar-refractivity contribution in [2.45, 2.75) is 0 Å². The normalized spacial score (nSPS) is 10.9. The quantitative estimate of drug-likeness (QED) is 0.666. The van der Waals surface area contributed by atoms with Crippen LogP contribution in [0.15, 0.2) is 30.6 Å². The number of rotatable bonds is 1. The summed E-state index contributed by atoms with van der Waals surface area (Å²) in [5.74, 6) is -0.184. The van der Waals surface area contributed by atoms with Crippen LogP contribution in [0.25, 0.3) is 22.2 Å². The van der Waals surface area contributed by atoms with Gasteiger partial charge in [-0.3, -0.25) is 5.10 Å². The first-order valence-corrected chi connectivity index (χ1v) is 4.96. The van der Waals surface area contributed by atoms with Crippen LogP contribution in [-0.4, -0.2) is 20.2 Å². The van der Waals surface area contributed by atoms with Crippen LogP contribution in [-0.2, 0) is 0 Å². The number of aromatic nitrogens is 4. The summed E-state index contributed by atoms with van der Waals surface area (Å²) in [5, 5.41) is 7.13. The molecule has 0 saturated carbocycles. The molecule has 0 atom stereocenters. The first-order chi connectivity index (χ1) is 8.24. The van der Waals surface area contributed by atoms with E-state index in [0.29, 0.717) is 16.6 Å². The summed E-state index contributed by atoms with van der Waals surface area (Å²) in [6.45, 7) is 0. The standard InChI is InChI=1S/C11H8FN5/c12-7-1-2-9-8(3-7)10(17-11(13)16-9)6-4-14-15-5-6/h1-5H,(H,14,15)(H2,13,16,17). The number of anilines is 1. The largest absolute Gasteiger partial charge is 0.368 e. The number of nitrogens with zero attached hydrogens (tertiary/aromatic N) is 3. The molecular formula is C11H8FN5. The van der Waals surface area contributed by atoms with Gasteiger partial charge >= 0.3 is 0 Å². The lowest BCUT2D eigenvalue weighted by Gasteiger charge is -2.04. The zero-order valence-corrected chi connectivity index (χ0v) is 8.68. The van der Waals surface area contributed by atoms with E-state index in [2.05, 4.69) is 20.2 Å². The number of hydrogen-bond donors (Lipinski definition) is 2. The minimum Gasteiger partial charge on any atom is -0.368 e. The lowest BCUT2D eigenvalue weighted by Crippen LogP contribution is -1.98. The van der Waals surface area contributed by atoms with Gasteiger partial charge in [-0.05, 0) is 18.2 Å². The Morgan fingerprint density at radius 1 is 1.24 bits per heavy atom. The topological polar surface area (TPSA) is 80.5 Å². The zero-order valence-electron chi connectivity index (χ0n) is 8.68. The van der Waals surface area contributed by atoms with E-state index in [1.165, 1.54) is 12.1 Å². The average molecular weight is 229 g/mol. The fourth-order valence-corrected chi connectivity index (χ4v) is 1.72. The van der Waals surface area contributed by atoms with Gasteiger partial charge in [-0.1, -0.05) is 0 Å². The molecule has 0 bridgehead atoms. The smallest absolute Gasteiger partial charge is 0.221 e. The van der Waals surface area contributed by atoms with Crippen LogP contribution in [0.4, 0.5) is 10.3 Å². The van der Waals surface area contributed by atoms with Crippen molar-refractivity contribution >= 4 is 16.9 Å². The van der Waals surface area contributed by atoms with Crippen LogP contribution in [0.3, 0.4) is 0 Å². The Balaban J connectivity index is 2.39. The Labute approximate surface area is 95.5 Å². The van der Waals surface area contributed by atoms with E-state index in [-0.39, 0.29) is 11.8 Å². The lowest BCUT2D eigenvalue weighted by molar-refractivity contribution is 0.629. The maximum Gasteiger partial charge on any atom is 0.221 e. The predicted octanol–water partition coefficient (Wildman–Crippen LogP) is 1.74. The SMILES string of the molecule is Nc1nc(-c2cn[nH]c2)c2cc(F)ccc2n1. The van der Waals surface area contributed by atoms with Gasteiger partial charge in [-0.15, -0.1) is 0 Å². The van der Waals surface area contributed by atoms with Crippen molar-refractivity contribution in [1.29, 1.82) is 0 Å². The number of halogens is 1. The maximum atomic E-state index is 13.2. The number of benzene rings is 1.